The van der Waals surface area contributed by atoms with Gasteiger partial charge in [0.1, 0.15) is 0 Å². The Bertz CT molecular complexity index is 334. The Morgan fingerprint density at radius 2 is 2.06 bits per heavy atom. The zero-order valence-electron chi connectivity index (χ0n) is 10.5. The first-order valence-electron chi connectivity index (χ1n) is 5.82. The highest BCUT2D eigenvalue weighted by molar-refractivity contribution is 6.55. The maximum absolute atomic E-state index is 6.05. The Hall–Kier alpha value is -0.735. The van der Waals surface area contributed by atoms with Crippen LogP contribution < -0.4 is 5.32 Å². The molecule has 0 aromatic carbocycles. The minimum atomic E-state index is -0.243. The minimum absolute atomic E-state index is 0.0376. The maximum Gasteiger partial charge on any atom is 0.495 e. The van der Waals surface area contributed by atoms with Crippen molar-refractivity contribution in [1.29, 1.82) is 0 Å². The molecule has 2 aliphatic heterocycles. The fourth-order valence-electron chi connectivity index (χ4n) is 1.72. The van der Waals surface area contributed by atoms with Crippen molar-refractivity contribution >= 4 is 7.12 Å². The van der Waals surface area contributed by atoms with Crippen LogP contribution in [0.5, 0.6) is 0 Å². The van der Waals surface area contributed by atoms with Gasteiger partial charge in [0.25, 0.3) is 0 Å². The molecule has 0 bridgehead atoms. The lowest BCUT2D eigenvalue weighted by molar-refractivity contribution is -0.0949. The van der Waals surface area contributed by atoms with Gasteiger partial charge in [0.15, 0.2) is 0 Å². The molecule has 0 atom stereocenters. The number of allylic oxidation sites excluding steroid dienone is 2. The van der Waals surface area contributed by atoms with Gasteiger partial charge in [-0.3, -0.25) is 0 Å². The van der Waals surface area contributed by atoms with Crippen molar-refractivity contribution in [2.24, 2.45) is 5.41 Å². The number of hydrogen-bond donors (Lipinski definition) is 1. The molecule has 4 heteroatoms. The average molecular weight is 221 g/mol. The van der Waals surface area contributed by atoms with E-state index in [-0.39, 0.29) is 18.1 Å². The van der Waals surface area contributed by atoms with E-state index in [0.29, 0.717) is 0 Å². The second-order valence-corrected chi connectivity index (χ2v) is 5.61. The van der Waals surface area contributed by atoms with Crippen LogP contribution in [-0.2, 0) is 9.31 Å². The van der Waals surface area contributed by atoms with Gasteiger partial charge >= 0.3 is 7.12 Å². The summed E-state index contributed by atoms with van der Waals surface area (Å²) in [5.74, 6) is 0. The lowest BCUT2D eigenvalue weighted by Gasteiger charge is -2.47. The first kappa shape index (κ1) is 11.7. The summed E-state index contributed by atoms with van der Waals surface area (Å²) in [6.45, 7) is 10.2. The molecule has 0 saturated carbocycles. The molecule has 0 aromatic rings. The molecule has 1 fully saturated rings. The van der Waals surface area contributed by atoms with E-state index in [1.54, 1.807) is 0 Å². The standard InChI is InChI=1S/C12H20BNO2/c1-11(2)9-15-13(16-12(11,3)4)10-6-5-7-14-8-10/h5-6,8,14H,7,9H2,1-4H3. The zero-order chi connectivity index (χ0) is 11.8. The number of nitrogens with one attached hydrogen (secondary N) is 1. The van der Waals surface area contributed by atoms with Crippen LogP contribution in [0.1, 0.15) is 27.7 Å². The second kappa shape index (κ2) is 3.93. The van der Waals surface area contributed by atoms with Crippen molar-refractivity contribution in [3.05, 3.63) is 23.8 Å². The first-order valence-corrected chi connectivity index (χ1v) is 5.82. The summed E-state index contributed by atoms with van der Waals surface area (Å²) in [4.78, 5) is 0. The summed E-state index contributed by atoms with van der Waals surface area (Å²) in [5.41, 5.74) is 0.924. The van der Waals surface area contributed by atoms with Crippen LogP contribution in [0.2, 0.25) is 0 Å². The van der Waals surface area contributed by atoms with Crippen molar-refractivity contribution in [3.8, 4) is 0 Å². The molecule has 0 aromatic heterocycles. The van der Waals surface area contributed by atoms with E-state index in [4.69, 9.17) is 9.31 Å². The van der Waals surface area contributed by atoms with Crippen LogP contribution in [0.25, 0.3) is 0 Å². The van der Waals surface area contributed by atoms with E-state index in [0.717, 1.165) is 18.6 Å². The highest BCUT2D eigenvalue weighted by Gasteiger charge is 2.47. The van der Waals surface area contributed by atoms with Crippen molar-refractivity contribution < 1.29 is 9.31 Å². The highest BCUT2D eigenvalue weighted by atomic mass is 16.6. The van der Waals surface area contributed by atoms with E-state index in [2.05, 4.69) is 45.2 Å². The molecule has 0 spiro atoms. The van der Waals surface area contributed by atoms with Crippen molar-refractivity contribution in [1.82, 2.24) is 5.32 Å². The smallest absolute Gasteiger partial charge is 0.407 e. The molecule has 0 amide bonds. The Kier molecular flexibility index (Phi) is 2.89. The lowest BCUT2D eigenvalue weighted by Crippen LogP contribution is -2.55. The van der Waals surface area contributed by atoms with Gasteiger partial charge in [-0.05, 0) is 25.5 Å². The van der Waals surface area contributed by atoms with E-state index >= 15 is 0 Å². The largest absolute Gasteiger partial charge is 0.495 e. The molecule has 1 N–H and O–H groups in total. The van der Waals surface area contributed by atoms with Gasteiger partial charge < -0.3 is 14.6 Å². The van der Waals surface area contributed by atoms with Crippen LogP contribution >= 0.6 is 0 Å². The molecule has 2 aliphatic rings. The molecule has 2 heterocycles. The van der Waals surface area contributed by atoms with Gasteiger partial charge in [-0.15, -0.1) is 0 Å². The fourth-order valence-corrected chi connectivity index (χ4v) is 1.72. The fraction of sp³-hybridized carbons (Fsp3) is 0.667. The van der Waals surface area contributed by atoms with Gasteiger partial charge in [-0.2, -0.15) is 0 Å². The van der Waals surface area contributed by atoms with Gasteiger partial charge in [0, 0.05) is 18.6 Å². The monoisotopic (exact) mass is 221 g/mol. The number of dihydropyridines is 1. The van der Waals surface area contributed by atoms with Gasteiger partial charge in [0.05, 0.1) is 5.60 Å². The van der Waals surface area contributed by atoms with Crippen molar-refractivity contribution in [2.45, 2.75) is 33.3 Å². The van der Waals surface area contributed by atoms with Gasteiger partial charge in [0.2, 0.25) is 0 Å². The number of rotatable bonds is 1. The summed E-state index contributed by atoms with van der Waals surface area (Å²) < 4.78 is 11.8. The molecule has 0 aliphatic carbocycles. The summed E-state index contributed by atoms with van der Waals surface area (Å²) in [6, 6.07) is 0. The number of hydrogen-bond acceptors (Lipinski definition) is 3. The Labute approximate surface area is 98.0 Å². The van der Waals surface area contributed by atoms with Crippen LogP contribution in [0, 0.1) is 5.41 Å². The molecule has 1 saturated heterocycles. The zero-order valence-corrected chi connectivity index (χ0v) is 10.5. The summed E-state index contributed by atoms with van der Waals surface area (Å²) in [5, 5.41) is 3.17. The molecule has 88 valence electrons. The lowest BCUT2D eigenvalue weighted by atomic mass is 9.68. The molecule has 0 radical (unpaired) electrons. The summed E-state index contributed by atoms with van der Waals surface area (Å²) in [6.07, 6.45) is 6.11. The minimum Gasteiger partial charge on any atom is -0.407 e. The molecule has 2 rings (SSSR count). The quantitative estimate of drug-likeness (QED) is 0.686. The van der Waals surface area contributed by atoms with Crippen LogP contribution in [0.15, 0.2) is 23.8 Å². The van der Waals surface area contributed by atoms with E-state index in [1.165, 1.54) is 0 Å². The Morgan fingerprint density at radius 1 is 1.31 bits per heavy atom. The normalized spacial score (nSPS) is 27.2. The van der Waals surface area contributed by atoms with E-state index < -0.39 is 0 Å². The molecule has 16 heavy (non-hydrogen) atoms. The first-order chi connectivity index (χ1) is 7.42. The third-order valence-corrected chi connectivity index (χ3v) is 3.71. The van der Waals surface area contributed by atoms with Crippen molar-refractivity contribution in [3.63, 3.8) is 0 Å². The summed E-state index contributed by atoms with van der Waals surface area (Å²) in [7, 11) is -0.243. The third kappa shape index (κ3) is 2.04. The topological polar surface area (TPSA) is 30.5 Å². The Balaban J connectivity index is 2.11. The predicted octanol–water partition coefficient (Wildman–Crippen LogP) is 1.91. The Morgan fingerprint density at radius 3 is 2.62 bits per heavy atom. The van der Waals surface area contributed by atoms with Crippen molar-refractivity contribution in [2.75, 3.05) is 13.2 Å². The maximum atomic E-state index is 6.05. The molecule has 3 nitrogen and oxygen atoms in total. The van der Waals surface area contributed by atoms with Crippen LogP contribution in [0.4, 0.5) is 0 Å². The van der Waals surface area contributed by atoms with E-state index in [9.17, 15) is 0 Å². The molecule has 0 unspecified atom stereocenters. The molecular formula is C12H20BNO2. The third-order valence-electron chi connectivity index (χ3n) is 3.71. The highest BCUT2D eigenvalue weighted by Crippen LogP contribution is 2.39. The van der Waals surface area contributed by atoms with Crippen LogP contribution in [-0.4, -0.2) is 25.9 Å². The average Bonchev–Trinajstić information content (AvgIpc) is 2.23. The van der Waals surface area contributed by atoms with Crippen LogP contribution in [0.3, 0.4) is 0 Å². The SMILES string of the molecule is CC1(C)COB(C2=CNCC=C2)OC1(C)C. The van der Waals surface area contributed by atoms with Gasteiger partial charge in [-0.25, -0.2) is 0 Å². The molecular weight excluding hydrogens is 201 g/mol. The summed E-state index contributed by atoms with van der Waals surface area (Å²) >= 11 is 0. The van der Waals surface area contributed by atoms with Gasteiger partial charge in [-0.1, -0.05) is 26.0 Å². The predicted molar refractivity (Wildman–Crippen MR) is 65.9 cm³/mol. The second-order valence-electron chi connectivity index (χ2n) is 5.61. The van der Waals surface area contributed by atoms with E-state index in [1.807, 2.05) is 6.20 Å².